The Morgan fingerprint density at radius 3 is 2.12 bits per heavy atom. The molecule has 0 aromatic rings. The van der Waals surface area contributed by atoms with Crippen molar-refractivity contribution in [2.24, 2.45) is 11.1 Å². The molecule has 1 aliphatic rings. The molecule has 1 rings (SSSR count). The minimum atomic E-state index is 0.416. The molecular formula is C13H29N3. The number of hydrogen-bond donors (Lipinski definition) is 1. The summed E-state index contributed by atoms with van der Waals surface area (Å²) in [6.45, 7) is 4.32. The lowest BCUT2D eigenvalue weighted by Crippen LogP contribution is -2.44. The van der Waals surface area contributed by atoms with Gasteiger partial charge in [0.1, 0.15) is 0 Å². The van der Waals surface area contributed by atoms with Crippen molar-refractivity contribution in [3.8, 4) is 0 Å². The van der Waals surface area contributed by atoms with Gasteiger partial charge in [0.25, 0.3) is 0 Å². The van der Waals surface area contributed by atoms with E-state index in [1.165, 1.54) is 38.6 Å². The largest absolute Gasteiger partial charge is 0.330 e. The van der Waals surface area contributed by atoms with E-state index in [0.29, 0.717) is 5.41 Å². The highest BCUT2D eigenvalue weighted by Crippen LogP contribution is 2.35. The molecule has 2 N–H and O–H groups in total. The van der Waals surface area contributed by atoms with Crippen LogP contribution >= 0.6 is 0 Å². The summed E-state index contributed by atoms with van der Waals surface area (Å²) >= 11 is 0. The summed E-state index contributed by atoms with van der Waals surface area (Å²) in [5.74, 6) is 0. The maximum atomic E-state index is 6.01. The predicted molar refractivity (Wildman–Crippen MR) is 70.6 cm³/mol. The monoisotopic (exact) mass is 227 g/mol. The summed E-state index contributed by atoms with van der Waals surface area (Å²) in [5, 5.41) is 0. The molecule has 0 bridgehead atoms. The Labute approximate surface area is 101 Å². The first-order chi connectivity index (χ1) is 7.58. The molecule has 0 heterocycles. The molecule has 0 aromatic heterocycles. The molecule has 3 heteroatoms. The number of likely N-dealkylation sites (N-methyl/N-ethyl adjacent to an activating group) is 2. The second kappa shape index (κ2) is 6.58. The Balaban J connectivity index is 2.36. The molecule has 0 aliphatic heterocycles. The van der Waals surface area contributed by atoms with Crippen molar-refractivity contribution in [2.45, 2.75) is 32.1 Å². The molecule has 96 valence electrons. The van der Waals surface area contributed by atoms with Crippen LogP contribution in [0.25, 0.3) is 0 Å². The van der Waals surface area contributed by atoms with Gasteiger partial charge in [0.2, 0.25) is 0 Å². The number of rotatable bonds is 6. The van der Waals surface area contributed by atoms with Crippen molar-refractivity contribution in [1.29, 1.82) is 0 Å². The summed E-state index contributed by atoms with van der Waals surface area (Å²) in [5.41, 5.74) is 6.42. The second-order valence-corrected chi connectivity index (χ2v) is 5.81. The molecule has 0 radical (unpaired) electrons. The van der Waals surface area contributed by atoms with Crippen molar-refractivity contribution in [2.75, 3.05) is 47.3 Å². The van der Waals surface area contributed by atoms with Gasteiger partial charge in [-0.05, 0) is 45.9 Å². The van der Waals surface area contributed by atoms with Gasteiger partial charge in [0.05, 0.1) is 0 Å². The first-order valence-corrected chi connectivity index (χ1v) is 6.61. The van der Waals surface area contributed by atoms with Gasteiger partial charge >= 0.3 is 0 Å². The van der Waals surface area contributed by atoms with Crippen LogP contribution in [0.1, 0.15) is 32.1 Å². The quantitative estimate of drug-likeness (QED) is 0.744. The molecule has 1 fully saturated rings. The molecule has 0 atom stereocenters. The highest BCUT2D eigenvalue weighted by molar-refractivity contribution is 4.86. The Bertz CT molecular complexity index is 186. The molecule has 3 nitrogen and oxygen atoms in total. The normalized spacial score (nSPS) is 20.6. The first kappa shape index (κ1) is 13.9. The number of nitrogens with two attached hydrogens (primary N) is 1. The zero-order chi connectivity index (χ0) is 12.0. The van der Waals surface area contributed by atoms with E-state index >= 15 is 0 Å². The van der Waals surface area contributed by atoms with Gasteiger partial charge < -0.3 is 15.5 Å². The minimum Gasteiger partial charge on any atom is -0.330 e. The van der Waals surface area contributed by atoms with Gasteiger partial charge in [-0.15, -0.1) is 0 Å². The van der Waals surface area contributed by atoms with Gasteiger partial charge in [-0.3, -0.25) is 0 Å². The van der Waals surface area contributed by atoms with Crippen LogP contribution in [0.3, 0.4) is 0 Å². The van der Waals surface area contributed by atoms with Crippen LogP contribution in [0.2, 0.25) is 0 Å². The highest BCUT2D eigenvalue weighted by atomic mass is 15.2. The van der Waals surface area contributed by atoms with Crippen LogP contribution in [0.15, 0.2) is 0 Å². The zero-order valence-corrected chi connectivity index (χ0v) is 11.3. The Morgan fingerprint density at radius 1 is 1.00 bits per heavy atom. The van der Waals surface area contributed by atoms with Gasteiger partial charge in [0, 0.05) is 19.6 Å². The predicted octanol–water partition coefficient (Wildman–Crippen LogP) is 1.39. The number of nitrogens with zero attached hydrogens (tertiary/aromatic N) is 2. The van der Waals surface area contributed by atoms with E-state index in [9.17, 15) is 0 Å². The first-order valence-electron chi connectivity index (χ1n) is 6.61. The standard InChI is InChI=1S/C13H29N3/c1-15(2)9-10-16(3)12-13(11-14)7-5-4-6-8-13/h4-12,14H2,1-3H3. The Kier molecular flexibility index (Phi) is 5.73. The van der Waals surface area contributed by atoms with E-state index in [2.05, 4.69) is 30.9 Å². The summed E-state index contributed by atoms with van der Waals surface area (Å²) in [7, 11) is 6.50. The third-order valence-electron chi connectivity index (χ3n) is 3.88. The maximum absolute atomic E-state index is 6.01. The molecule has 0 aromatic carbocycles. The van der Waals surface area contributed by atoms with Crippen LogP contribution in [0.4, 0.5) is 0 Å². The van der Waals surface area contributed by atoms with Gasteiger partial charge in [0.15, 0.2) is 0 Å². The van der Waals surface area contributed by atoms with Crippen molar-refractivity contribution >= 4 is 0 Å². The van der Waals surface area contributed by atoms with Gasteiger partial charge in [-0.25, -0.2) is 0 Å². The topological polar surface area (TPSA) is 32.5 Å². The SMILES string of the molecule is CN(C)CCN(C)CC1(CN)CCCCC1. The maximum Gasteiger partial charge on any atom is 0.0106 e. The van der Waals surface area contributed by atoms with Crippen molar-refractivity contribution in [1.82, 2.24) is 9.80 Å². The zero-order valence-electron chi connectivity index (χ0n) is 11.3. The number of hydrogen-bond acceptors (Lipinski definition) is 3. The molecule has 16 heavy (non-hydrogen) atoms. The minimum absolute atomic E-state index is 0.416. The van der Waals surface area contributed by atoms with Crippen molar-refractivity contribution < 1.29 is 0 Å². The van der Waals surface area contributed by atoms with E-state index in [1.54, 1.807) is 0 Å². The molecule has 1 aliphatic carbocycles. The molecule has 0 spiro atoms. The third kappa shape index (κ3) is 4.40. The summed E-state index contributed by atoms with van der Waals surface area (Å²) in [4.78, 5) is 4.70. The molecule has 0 saturated heterocycles. The van der Waals surface area contributed by atoms with E-state index in [0.717, 1.165) is 19.6 Å². The highest BCUT2D eigenvalue weighted by Gasteiger charge is 2.31. The van der Waals surface area contributed by atoms with E-state index < -0.39 is 0 Å². The van der Waals surface area contributed by atoms with E-state index in [-0.39, 0.29) is 0 Å². The fourth-order valence-corrected chi connectivity index (χ4v) is 2.75. The fourth-order valence-electron chi connectivity index (χ4n) is 2.75. The lowest BCUT2D eigenvalue weighted by Gasteiger charge is -2.39. The summed E-state index contributed by atoms with van der Waals surface area (Å²) < 4.78 is 0. The van der Waals surface area contributed by atoms with E-state index in [4.69, 9.17) is 5.73 Å². The van der Waals surface area contributed by atoms with Crippen LogP contribution in [-0.2, 0) is 0 Å². The summed E-state index contributed by atoms with van der Waals surface area (Å²) in [6, 6.07) is 0. The van der Waals surface area contributed by atoms with Crippen LogP contribution in [-0.4, -0.2) is 57.1 Å². The average molecular weight is 227 g/mol. The molecular weight excluding hydrogens is 198 g/mol. The van der Waals surface area contributed by atoms with Gasteiger partial charge in [-0.1, -0.05) is 19.3 Å². The lowest BCUT2D eigenvalue weighted by atomic mass is 9.74. The lowest BCUT2D eigenvalue weighted by molar-refractivity contribution is 0.123. The molecule has 0 amide bonds. The van der Waals surface area contributed by atoms with Crippen LogP contribution < -0.4 is 5.73 Å². The van der Waals surface area contributed by atoms with Crippen LogP contribution in [0, 0.1) is 5.41 Å². The Morgan fingerprint density at radius 2 is 1.62 bits per heavy atom. The third-order valence-corrected chi connectivity index (χ3v) is 3.88. The van der Waals surface area contributed by atoms with Gasteiger partial charge in [-0.2, -0.15) is 0 Å². The van der Waals surface area contributed by atoms with E-state index in [1.807, 2.05) is 0 Å². The fraction of sp³-hybridized carbons (Fsp3) is 1.00. The smallest absolute Gasteiger partial charge is 0.0106 e. The van der Waals surface area contributed by atoms with Crippen molar-refractivity contribution in [3.63, 3.8) is 0 Å². The van der Waals surface area contributed by atoms with Crippen LogP contribution in [0.5, 0.6) is 0 Å². The second-order valence-electron chi connectivity index (χ2n) is 5.81. The Hall–Kier alpha value is -0.120. The van der Waals surface area contributed by atoms with Crippen molar-refractivity contribution in [3.05, 3.63) is 0 Å². The molecule has 1 saturated carbocycles. The average Bonchev–Trinajstić information content (AvgIpc) is 2.28. The molecule has 0 unspecified atom stereocenters. The summed E-state index contributed by atoms with van der Waals surface area (Å²) in [6.07, 6.45) is 6.81.